The fourth-order valence-corrected chi connectivity index (χ4v) is 6.87. The number of unbranched alkanes of at least 4 members (excludes halogenated alkanes) is 2. The van der Waals surface area contributed by atoms with Crippen molar-refractivity contribution >= 4 is 0 Å². The quantitative estimate of drug-likeness (QED) is 0.587. The number of aromatic hydroxyl groups is 1. The largest absolute Gasteiger partial charge is 0.508 e. The number of phenolic OH excluding ortho intramolecular Hbond substituents is 1. The average Bonchev–Trinajstić information content (AvgIpc) is 2.99. The molecule has 28 heavy (non-hydrogen) atoms. The third-order valence-corrected chi connectivity index (χ3v) is 8.40. The van der Waals surface area contributed by atoms with Crippen LogP contribution in [0.25, 0.3) is 0 Å². The fourth-order valence-electron chi connectivity index (χ4n) is 6.87. The summed E-state index contributed by atoms with van der Waals surface area (Å²) < 4.78 is 5.48. The van der Waals surface area contributed by atoms with Crippen LogP contribution in [0.5, 0.6) is 5.75 Å². The number of rotatable bonds is 7. The van der Waals surface area contributed by atoms with E-state index in [2.05, 4.69) is 19.9 Å². The topological polar surface area (TPSA) is 49.7 Å². The first kappa shape index (κ1) is 20.2. The van der Waals surface area contributed by atoms with E-state index in [1.165, 1.54) is 49.7 Å². The highest BCUT2D eigenvalue weighted by Gasteiger charge is 2.55. The van der Waals surface area contributed by atoms with Crippen LogP contribution in [0.2, 0.25) is 0 Å². The van der Waals surface area contributed by atoms with Crippen LogP contribution in [0, 0.1) is 17.3 Å². The molecule has 2 saturated carbocycles. The maximum atomic E-state index is 10.7. The Morgan fingerprint density at radius 1 is 1.11 bits per heavy atom. The molecule has 3 nitrogen and oxygen atoms in total. The maximum Gasteiger partial charge on any atom is 0.115 e. The molecule has 0 radical (unpaired) electrons. The van der Waals surface area contributed by atoms with Gasteiger partial charge in [0.05, 0.1) is 6.10 Å². The predicted molar refractivity (Wildman–Crippen MR) is 113 cm³/mol. The molecule has 1 aromatic rings. The van der Waals surface area contributed by atoms with Crippen molar-refractivity contribution in [2.24, 2.45) is 17.3 Å². The van der Waals surface area contributed by atoms with E-state index in [-0.39, 0.29) is 11.5 Å². The molecule has 2 N–H and O–H groups in total. The summed E-state index contributed by atoms with van der Waals surface area (Å²) in [4.78, 5) is 0. The van der Waals surface area contributed by atoms with E-state index in [1.807, 2.05) is 12.1 Å². The summed E-state index contributed by atoms with van der Waals surface area (Å²) in [6.45, 7) is 6.09. The lowest BCUT2D eigenvalue weighted by molar-refractivity contribution is -0.0252. The Morgan fingerprint density at radius 3 is 2.79 bits per heavy atom. The monoisotopic (exact) mass is 386 g/mol. The first-order valence-corrected chi connectivity index (χ1v) is 11.6. The van der Waals surface area contributed by atoms with Crippen LogP contribution >= 0.6 is 0 Å². The zero-order valence-corrected chi connectivity index (χ0v) is 17.7. The van der Waals surface area contributed by atoms with Crippen molar-refractivity contribution < 1.29 is 14.9 Å². The van der Waals surface area contributed by atoms with Crippen LogP contribution in [-0.2, 0) is 4.74 Å². The Balaban J connectivity index is 1.52. The number of benzene rings is 1. The highest BCUT2D eigenvalue weighted by Crippen LogP contribution is 2.62. The van der Waals surface area contributed by atoms with E-state index in [9.17, 15) is 10.2 Å². The molecule has 0 unspecified atom stereocenters. The zero-order chi connectivity index (χ0) is 19.7. The highest BCUT2D eigenvalue weighted by atomic mass is 16.5. The lowest BCUT2D eigenvalue weighted by Gasteiger charge is -2.51. The first-order chi connectivity index (χ1) is 13.5. The number of fused-ring (bicyclic) bond motifs is 5. The Morgan fingerprint density at radius 2 is 1.96 bits per heavy atom. The van der Waals surface area contributed by atoms with E-state index in [0.717, 1.165) is 32.5 Å². The number of aliphatic hydroxyl groups is 1. The molecule has 0 spiro atoms. The first-order valence-electron chi connectivity index (χ1n) is 11.6. The van der Waals surface area contributed by atoms with Crippen molar-refractivity contribution in [1.82, 2.24) is 0 Å². The molecule has 0 aliphatic heterocycles. The molecule has 4 rings (SSSR count). The lowest BCUT2D eigenvalue weighted by Crippen LogP contribution is -2.44. The predicted octanol–water partition coefficient (Wildman–Crippen LogP) is 5.75. The van der Waals surface area contributed by atoms with E-state index >= 15 is 0 Å². The van der Waals surface area contributed by atoms with Gasteiger partial charge in [-0.05, 0) is 104 Å². The lowest BCUT2D eigenvalue weighted by atomic mass is 9.53. The van der Waals surface area contributed by atoms with E-state index in [1.54, 1.807) is 0 Å². The van der Waals surface area contributed by atoms with Crippen molar-refractivity contribution in [3.05, 3.63) is 29.3 Å². The molecule has 3 aliphatic rings. The summed E-state index contributed by atoms with van der Waals surface area (Å²) in [5.41, 5.74) is 3.03. The SMILES string of the molecule is CCOCCCCC[C@@H]1C[C@@H]2[C@H](CC[C@]3(C)[C@@H](O)CC[C@@H]23)c2ccc(O)cc21. The summed E-state index contributed by atoms with van der Waals surface area (Å²) in [6.07, 6.45) is 10.4. The molecule has 2 fully saturated rings. The summed E-state index contributed by atoms with van der Waals surface area (Å²) >= 11 is 0. The number of ether oxygens (including phenoxy) is 1. The van der Waals surface area contributed by atoms with Crippen LogP contribution in [0.15, 0.2) is 18.2 Å². The van der Waals surface area contributed by atoms with Gasteiger partial charge in [-0.2, -0.15) is 0 Å². The van der Waals surface area contributed by atoms with Crippen LogP contribution in [0.3, 0.4) is 0 Å². The molecule has 0 saturated heterocycles. The van der Waals surface area contributed by atoms with E-state index in [0.29, 0.717) is 29.4 Å². The number of aliphatic hydroxyl groups excluding tert-OH is 1. The highest BCUT2D eigenvalue weighted by molar-refractivity contribution is 5.42. The van der Waals surface area contributed by atoms with Crippen LogP contribution in [-0.4, -0.2) is 29.5 Å². The van der Waals surface area contributed by atoms with E-state index < -0.39 is 0 Å². The second kappa shape index (κ2) is 8.36. The van der Waals surface area contributed by atoms with Gasteiger partial charge in [0.1, 0.15) is 5.75 Å². The smallest absolute Gasteiger partial charge is 0.115 e. The van der Waals surface area contributed by atoms with Gasteiger partial charge >= 0.3 is 0 Å². The van der Waals surface area contributed by atoms with Gasteiger partial charge in [0.2, 0.25) is 0 Å². The minimum atomic E-state index is -0.114. The van der Waals surface area contributed by atoms with Gasteiger partial charge in [0.15, 0.2) is 0 Å². The standard InChI is InChI=1S/C25H38O3/c1-3-28-14-6-4-5-7-17-15-22-20(19-9-8-18(26)16-21(17)19)12-13-25(2)23(22)10-11-24(25)27/h8-9,16-17,20,22-24,26-27H,3-7,10-15H2,1-2H3/t17-,20-,22-,23+,24+,25+/m1/s1. The van der Waals surface area contributed by atoms with Crippen LogP contribution in [0.1, 0.15) is 94.6 Å². The van der Waals surface area contributed by atoms with Crippen molar-refractivity contribution in [3.8, 4) is 5.75 Å². The van der Waals surface area contributed by atoms with Gasteiger partial charge in [-0.1, -0.05) is 25.8 Å². The average molecular weight is 387 g/mol. The van der Waals surface area contributed by atoms with Gasteiger partial charge in [-0.3, -0.25) is 0 Å². The molecule has 6 atom stereocenters. The van der Waals surface area contributed by atoms with Crippen LogP contribution in [0.4, 0.5) is 0 Å². The molecule has 0 heterocycles. The number of hydrogen-bond donors (Lipinski definition) is 2. The third kappa shape index (κ3) is 3.61. The molecular formula is C25H38O3. The summed E-state index contributed by atoms with van der Waals surface area (Å²) in [7, 11) is 0. The second-order valence-electron chi connectivity index (χ2n) is 9.81. The minimum absolute atomic E-state index is 0.114. The molecular weight excluding hydrogens is 348 g/mol. The fraction of sp³-hybridized carbons (Fsp3) is 0.760. The summed E-state index contributed by atoms with van der Waals surface area (Å²) in [6, 6.07) is 6.14. The second-order valence-corrected chi connectivity index (χ2v) is 9.81. The molecule has 156 valence electrons. The Kier molecular flexibility index (Phi) is 6.04. The van der Waals surface area contributed by atoms with E-state index in [4.69, 9.17) is 4.74 Å². The van der Waals surface area contributed by atoms with Crippen molar-refractivity contribution in [2.75, 3.05) is 13.2 Å². The van der Waals surface area contributed by atoms with Crippen molar-refractivity contribution in [1.29, 1.82) is 0 Å². The van der Waals surface area contributed by atoms with Crippen molar-refractivity contribution in [2.45, 2.75) is 89.6 Å². The van der Waals surface area contributed by atoms with Crippen LogP contribution < -0.4 is 0 Å². The van der Waals surface area contributed by atoms with Crippen molar-refractivity contribution in [3.63, 3.8) is 0 Å². The maximum absolute atomic E-state index is 10.7. The third-order valence-electron chi connectivity index (χ3n) is 8.40. The van der Waals surface area contributed by atoms with Gasteiger partial charge in [0, 0.05) is 13.2 Å². The molecule has 0 bridgehead atoms. The van der Waals surface area contributed by atoms with Gasteiger partial charge < -0.3 is 14.9 Å². The molecule has 0 amide bonds. The summed E-state index contributed by atoms with van der Waals surface area (Å²) in [5.74, 6) is 2.93. The Hall–Kier alpha value is -1.06. The number of phenols is 1. The van der Waals surface area contributed by atoms with Gasteiger partial charge in [0.25, 0.3) is 0 Å². The van der Waals surface area contributed by atoms with Gasteiger partial charge in [-0.15, -0.1) is 0 Å². The number of hydrogen-bond acceptors (Lipinski definition) is 3. The van der Waals surface area contributed by atoms with Gasteiger partial charge in [-0.25, -0.2) is 0 Å². The molecule has 3 heteroatoms. The Labute approximate surface area is 170 Å². The molecule has 3 aliphatic carbocycles. The molecule has 1 aromatic carbocycles. The zero-order valence-electron chi connectivity index (χ0n) is 17.7. The normalized spacial score (nSPS) is 36.6. The Bertz CT molecular complexity index is 672. The molecule has 0 aromatic heterocycles. The summed E-state index contributed by atoms with van der Waals surface area (Å²) in [5, 5.41) is 20.8. The minimum Gasteiger partial charge on any atom is -0.508 e.